The lowest BCUT2D eigenvalue weighted by Gasteiger charge is -2.24. The van der Waals surface area contributed by atoms with E-state index in [0.29, 0.717) is 41.1 Å². The molecule has 1 aliphatic heterocycles. The second kappa shape index (κ2) is 8.41. The molecule has 138 valence electrons. The molecule has 1 fully saturated rings. The number of likely N-dealkylation sites (tertiary alicyclic amines) is 1. The molecule has 1 saturated heterocycles. The Bertz CT molecular complexity index is 796. The van der Waals surface area contributed by atoms with Crippen LogP contribution in [0, 0.1) is 0 Å². The summed E-state index contributed by atoms with van der Waals surface area (Å²) in [7, 11) is 0. The maximum Gasteiger partial charge on any atom is 0.355 e. The van der Waals surface area contributed by atoms with Gasteiger partial charge in [-0.05, 0) is 18.6 Å². The van der Waals surface area contributed by atoms with E-state index in [4.69, 9.17) is 15.6 Å². The van der Waals surface area contributed by atoms with E-state index in [1.54, 1.807) is 12.1 Å². The highest BCUT2D eigenvalue weighted by molar-refractivity contribution is 8.01. The molecule has 1 unspecified atom stereocenters. The number of aromatic carboxylic acids is 1. The molecule has 0 bridgehead atoms. The van der Waals surface area contributed by atoms with Gasteiger partial charge in [-0.1, -0.05) is 17.8 Å². The summed E-state index contributed by atoms with van der Waals surface area (Å²) in [6.45, 7) is 1.01. The van der Waals surface area contributed by atoms with Gasteiger partial charge in [-0.3, -0.25) is 4.79 Å². The van der Waals surface area contributed by atoms with Gasteiger partial charge >= 0.3 is 5.97 Å². The van der Waals surface area contributed by atoms with Gasteiger partial charge in [-0.2, -0.15) is 0 Å². The number of hydrogen-bond acceptors (Lipinski definition) is 7. The van der Waals surface area contributed by atoms with Crippen molar-refractivity contribution in [3.05, 3.63) is 35.3 Å². The molecule has 9 heteroatoms. The Morgan fingerprint density at radius 1 is 1.50 bits per heavy atom. The van der Waals surface area contributed by atoms with Gasteiger partial charge in [0.1, 0.15) is 12.4 Å². The Balaban J connectivity index is 1.50. The number of benzene rings is 1. The quantitative estimate of drug-likeness (QED) is 0.524. The van der Waals surface area contributed by atoms with Crippen molar-refractivity contribution < 1.29 is 19.4 Å². The average Bonchev–Trinajstić information content (AvgIpc) is 3.21. The molecular weight excluding hydrogens is 374 g/mol. The first-order valence-corrected chi connectivity index (χ1v) is 9.99. The summed E-state index contributed by atoms with van der Waals surface area (Å²) in [5.41, 5.74) is 6.44. The Morgan fingerprint density at radius 2 is 2.35 bits per heavy atom. The Hall–Kier alpha value is -2.26. The number of thioether (sulfide) groups is 1. The van der Waals surface area contributed by atoms with Gasteiger partial charge in [0.25, 0.3) is 0 Å². The van der Waals surface area contributed by atoms with E-state index < -0.39 is 5.97 Å². The van der Waals surface area contributed by atoms with E-state index in [-0.39, 0.29) is 17.6 Å². The molecule has 2 heterocycles. The Morgan fingerprint density at radius 3 is 3.08 bits per heavy atom. The molecule has 1 aromatic carbocycles. The zero-order chi connectivity index (χ0) is 18.5. The number of thiazole rings is 1. The standard InChI is InChI=1S/C17H19N3O4S2/c18-11-2-1-3-13(8-11)24-9-12-4-5-15(21)20(12)6-7-25-17-19-14(10-26-17)16(22)23/h1-3,8,10,12H,4-7,9,18H2,(H,22,23). The fraction of sp³-hybridized carbons (Fsp3) is 0.353. The number of aromatic nitrogens is 1. The molecule has 3 N–H and O–H groups in total. The number of carboxylic acids is 1. The van der Waals surface area contributed by atoms with Crippen LogP contribution >= 0.6 is 23.1 Å². The third kappa shape index (κ3) is 4.67. The lowest BCUT2D eigenvalue weighted by atomic mass is 10.2. The van der Waals surface area contributed by atoms with Crippen molar-refractivity contribution in [1.29, 1.82) is 0 Å². The summed E-state index contributed by atoms with van der Waals surface area (Å²) >= 11 is 2.76. The molecular formula is C17H19N3O4S2. The van der Waals surface area contributed by atoms with Crippen LogP contribution in [0.2, 0.25) is 0 Å². The van der Waals surface area contributed by atoms with Crippen LogP contribution in [-0.2, 0) is 4.79 Å². The van der Waals surface area contributed by atoms with E-state index in [1.165, 1.54) is 28.5 Å². The lowest BCUT2D eigenvalue weighted by molar-refractivity contribution is -0.129. The van der Waals surface area contributed by atoms with Crippen LogP contribution in [0.1, 0.15) is 23.3 Å². The van der Waals surface area contributed by atoms with E-state index in [9.17, 15) is 9.59 Å². The first kappa shape index (κ1) is 18.5. The topological polar surface area (TPSA) is 106 Å². The fourth-order valence-electron chi connectivity index (χ4n) is 2.72. The second-order valence-electron chi connectivity index (χ2n) is 5.82. The first-order chi connectivity index (χ1) is 12.5. The monoisotopic (exact) mass is 393 g/mol. The summed E-state index contributed by atoms with van der Waals surface area (Å²) in [4.78, 5) is 28.9. The summed E-state index contributed by atoms with van der Waals surface area (Å²) in [5, 5.41) is 10.4. The second-order valence-corrected chi connectivity index (χ2v) is 8.02. The SMILES string of the molecule is Nc1cccc(OCC2CCC(=O)N2CCSc2nc(C(=O)O)cs2)c1. The molecule has 1 atom stereocenters. The van der Waals surface area contributed by atoms with E-state index in [0.717, 1.165) is 6.42 Å². The van der Waals surface area contributed by atoms with Crippen molar-refractivity contribution in [2.75, 3.05) is 24.6 Å². The predicted octanol–water partition coefficient (Wildman–Crippen LogP) is 2.59. The molecule has 1 aromatic heterocycles. The highest BCUT2D eigenvalue weighted by Gasteiger charge is 2.31. The number of nitrogen functional groups attached to an aromatic ring is 1. The number of nitrogens with zero attached hydrogens (tertiary/aromatic N) is 2. The third-order valence-electron chi connectivity index (χ3n) is 4.01. The molecule has 1 aliphatic rings. The number of nitrogens with two attached hydrogens (primary N) is 1. The van der Waals surface area contributed by atoms with Crippen LogP contribution in [0.3, 0.4) is 0 Å². The minimum absolute atomic E-state index is 0.0374. The van der Waals surface area contributed by atoms with Gasteiger partial charge in [-0.25, -0.2) is 9.78 Å². The molecule has 0 aliphatic carbocycles. The zero-order valence-electron chi connectivity index (χ0n) is 14.0. The van der Waals surface area contributed by atoms with Gasteiger partial charge in [0.05, 0.1) is 6.04 Å². The molecule has 26 heavy (non-hydrogen) atoms. The maximum absolute atomic E-state index is 12.1. The van der Waals surface area contributed by atoms with Crippen molar-refractivity contribution >= 4 is 40.7 Å². The average molecular weight is 393 g/mol. The normalized spacial score (nSPS) is 16.8. The van der Waals surface area contributed by atoms with Crippen LogP contribution < -0.4 is 10.5 Å². The van der Waals surface area contributed by atoms with Gasteiger partial charge in [0.2, 0.25) is 5.91 Å². The fourth-order valence-corrected chi connectivity index (χ4v) is 4.53. The largest absolute Gasteiger partial charge is 0.491 e. The van der Waals surface area contributed by atoms with Crippen molar-refractivity contribution in [1.82, 2.24) is 9.88 Å². The van der Waals surface area contributed by atoms with Crippen molar-refractivity contribution in [3.8, 4) is 5.75 Å². The van der Waals surface area contributed by atoms with Crippen LogP contribution in [-0.4, -0.2) is 51.8 Å². The molecule has 0 saturated carbocycles. The lowest BCUT2D eigenvalue weighted by Crippen LogP contribution is -2.38. The minimum atomic E-state index is -1.03. The van der Waals surface area contributed by atoms with Gasteiger partial charge in [0.15, 0.2) is 10.0 Å². The van der Waals surface area contributed by atoms with Crippen molar-refractivity contribution in [2.24, 2.45) is 0 Å². The summed E-state index contributed by atoms with van der Waals surface area (Å²) in [6.07, 6.45) is 1.29. The summed E-state index contributed by atoms with van der Waals surface area (Å²) < 4.78 is 6.48. The highest BCUT2D eigenvalue weighted by atomic mass is 32.2. The smallest absolute Gasteiger partial charge is 0.355 e. The number of hydrogen-bond donors (Lipinski definition) is 2. The molecule has 3 rings (SSSR count). The number of carboxylic acid groups (broad SMARTS) is 1. The number of ether oxygens (including phenoxy) is 1. The molecule has 7 nitrogen and oxygen atoms in total. The van der Waals surface area contributed by atoms with Gasteiger partial charge in [0, 0.05) is 35.9 Å². The zero-order valence-corrected chi connectivity index (χ0v) is 15.6. The maximum atomic E-state index is 12.1. The molecule has 2 aromatic rings. The Kier molecular flexibility index (Phi) is 6.00. The van der Waals surface area contributed by atoms with E-state index in [1.807, 2.05) is 17.0 Å². The number of anilines is 1. The number of carbonyl (C=O) groups excluding carboxylic acids is 1. The number of rotatable bonds is 8. The van der Waals surface area contributed by atoms with Crippen LogP contribution in [0.4, 0.5) is 5.69 Å². The van der Waals surface area contributed by atoms with E-state index in [2.05, 4.69) is 4.98 Å². The van der Waals surface area contributed by atoms with Crippen molar-refractivity contribution in [2.45, 2.75) is 23.2 Å². The molecule has 1 amide bonds. The Labute approximate surface area is 159 Å². The first-order valence-electron chi connectivity index (χ1n) is 8.12. The predicted molar refractivity (Wildman–Crippen MR) is 101 cm³/mol. The highest BCUT2D eigenvalue weighted by Crippen LogP contribution is 2.25. The third-order valence-corrected chi connectivity index (χ3v) is 6.01. The van der Waals surface area contributed by atoms with Crippen molar-refractivity contribution in [3.63, 3.8) is 0 Å². The van der Waals surface area contributed by atoms with Crippen LogP contribution in [0.15, 0.2) is 34.0 Å². The summed E-state index contributed by atoms with van der Waals surface area (Å²) in [5.74, 6) is 0.453. The van der Waals surface area contributed by atoms with Crippen LogP contribution in [0.25, 0.3) is 0 Å². The summed E-state index contributed by atoms with van der Waals surface area (Å²) in [6, 6.07) is 7.27. The van der Waals surface area contributed by atoms with Gasteiger partial charge in [-0.15, -0.1) is 11.3 Å². The van der Waals surface area contributed by atoms with Gasteiger partial charge < -0.3 is 20.5 Å². The molecule has 0 spiro atoms. The van der Waals surface area contributed by atoms with E-state index >= 15 is 0 Å². The number of carbonyl (C=O) groups is 2. The number of amides is 1. The minimum Gasteiger partial charge on any atom is -0.491 e. The molecule has 0 radical (unpaired) electrons. The van der Waals surface area contributed by atoms with Crippen LogP contribution in [0.5, 0.6) is 5.75 Å².